The van der Waals surface area contributed by atoms with Gasteiger partial charge in [0, 0.05) is 19.1 Å². The Morgan fingerprint density at radius 1 is 1.50 bits per heavy atom. The summed E-state index contributed by atoms with van der Waals surface area (Å²) in [5.41, 5.74) is 1.38. The molecular formula is C10H17ClO. The summed E-state index contributed by atoms with van der Waals surface area (Å²) in [4.78, 5) is 0. The van der Waals surface area contributed by atoms with Crippen molar-refractivity contribution in [3.05, 3.63) is 11.6 Å². The molecule has 0 atom stereocenters. The molecule has 0 aliphatic carbocycles. The number of hydrogen-bond acceptors (Lipinski definition) is 1. The van der Waals surface area contributed by atoms with E-state index in [0.717, 1.165) is 19.6 Å². The van der Waals surface area contributed by atoms with Gasteiger partial charge in [0.05, 0.1) is 0 Å². The average Bonchev–Trinajstić information content (AvgIpc) is 2.16. The quantitative estimate of drug-likeness (QED) is 0.489. The third-order valence-electron chi connectivity index (χ3n) is 2.36. The Bertz CT molecular complexity index is 142. The van der Waals surface area contributed by atoms with Gasteiger partial charge in [0.1, 0.15) is 0 Å². The topological polar surface area (TPSA) is 9.23 Å². The minimum absolute atomic E-state index is 0.688. The van der Waals surface area contributed by atoms with Crippen LogP contribution in [0.5, 0.6) is 0 Å². The van der Waals surface area contributed by atoms with Crippen molar-refractivity contribution in [1.29, 1.82) is 0 Å². The van der Waals surface area contributed by atoms with Crippen LogP contribution in [0.15, 0.2) is 11.6 Å². The maximum atomic E-state index is 5.79. The molecule has 0 aromatic rings. The van der Waals surface area contributed by atoms with Crippen LogP contribution in [-0.2, 0) is 4.74 Å². The number of allylic oxidation sites excluding steroid dienone is 2. The fraction of sp³-hybridized carbons (Fsp3) is 0.800. The fourth-order valence-corrected chi connectivity index (χ4v) is 1.75. The smallest absolute Gasteiger partial charge is 0.0471 e. The summed E-state index contributed by atoms with van der Waals surface area (Å²) in [6.45, 7) is 3.99. The van der Waals surface area contributed by atoms with Crippen LogP contribution < -0.4 is 0 Å². The van der Waals surface area contributed by atoms with Gasteiger partial charge in [-0.3, -0.25) is 0 Å². The lowest BCUT2D eigenvalue weighted by molar-refractivity contribution is 0.0783. The summed E-state index contributed by atoms with van der Waals surface area (Å²) in [7, 11) is 0. The third kappa shape index (κ3) is 3.16. The first-order chi connectivity index (χ1) is 5.86. The van der Waals surface area contributed by atoms with Crippen LogP contribution in [0, 0.1) is 5.92 Å². The van der Waals surface area contributed by atoms with Crippen LogP contribution in [-0.4, -0.2) is 19.1 Å². The van der Waals surface area contributed by atoms with E-state index in [-0.39, 0.29) is 0 Å². The molecule has 1 saturated heterocycles. The molecule has 2 heteroatoms. The van der Waals surface area contributed by atoms with Gasteiger partial charge in [0.25, 0.3) is 0 Å². The van der Waals surface area contributed by atoms with Gasteiger partial charge in [0.2, 0.25) is 0 Å². The third-order valence-corrected chi connectivity index (χ3v) is 2.71. The Balaban J connectivity index is 2.39. The second-order valence-corrected chi connectivity index (χ2v) is 3.53. The second-order valence-electron chi connectivity index (χ2n) is 3.26. The molecule has 0 bridgehead atoms. The number of ether oxygens (including phenoxy) is 1. The van der Waals surface area contributed by atoms with E-state index in [9.17, 15) is 0 Å². The monoisotopic (exact) mass is 188 g/mol. The molecule has 1 heterocycles. The molecule has 0 amide bonds. The molecule has 70 valence electrons. The zero-order chi connectivity index (χ0) is 8.81. The lowest BCUT2D eigenvalue weighted by Crippen LogP contribution is -2.14. The Morgan fingerprint density at radius 3 is 2.67 bits per heavy atom. The van der Waals surface area contributed by atoms with Crippen molar-refractivity contribution in [1.82, 2.24) is 0 Å². The van der Waals surface area contributed by atoms with Crippen LogP contribution in [0.25, 0.3) is 0 Å². The summed E-state index contributed by atoms with van der Waals surface area (Å²) in [5, 5.41) is 0. The van der Waals surface area contributed by atoms with Gasteiger partial charge in [-0.25, -0.2) is 0 Å². The van der Waals surface area contributed by atoms with Crippen LogP contribution in [0.1, 0.15) is 26.2 Å². The van der Waals surface area contributed by atoms with Crippen molar-refractivity contribution >= 4 is 11.6 Å². The van der Waals surface area contributed by atoms with Gasteiger partial charge in [-0.05, 0) is 25.2 Å². The summed E-state index contributed by atoms with van der Waals surface area (Å²) in [6, 6.07) is 0. The molecule has 0 aromatic heterocycles. The molecule has 12 heavy (non-hydrogen) atoms. The number of halogens is 1. The molecule has 0 radical (unpaired) electrons. The van der Waals surface area contributed by atoms with E-state index < -0.39 is 0 Å². The minimum Gasteiger partial charge on any atom is -0.381 e. The lowest BCUT2D eigenvalue weighted by atomic mass is 9.97. The molecule has 1 rings (SSSR count). The van der Waals surface area contributed by atoms with Crippen molar-refractivity contribution in [2.45, 2.75) is 26.2 Å². The van der Waals surface area contributed by atoms with Gasteiger partial charge in [-0.2, -0.15) is 0 Å². The lowest BCUT2D eigenvalue weighted by Gasteiger charge is -2.19. The Hall–Kier alpha value is -0.0100. The molecule has 1 fully saturated rings. The molecule has 1 aliphatic heterocycles. The van der Waals surface area contributed by atoms with Crippen molar-refractivity contribution < 1.29 is 4.74 Å². The van der Waals surface area contributed by atoms with Crippen molar-refractivity contribution in [2.75, 3.05) is 19.1 Å². The van der Waals surface area contributed by atoms with Crippen LogP contribution >= 0.6 is 11.6 Å². The highest BCUT2D eigenvalue weighted by molar-refractivity contribution is 6.19. The van der Waals surface area contributed by atoms with Gasteiger partial charge in [-0.15, -0.1) is 11.6 Å². The van der Waals surface area contributed by atoms with Crippen LogP contribution in [0.4, 0.5) is 0 Å². The Labute approximate surface area is 79.7 Å². The highest BCUT2D eigenvalue weighted by Crippen LogP contribution is 2.19. The molecular weight excluding hydrogens is 172 g/mol. The van der Waals surface area contributed by atoms with Crippen molar-refractivity contribution in [2.24, 2.45) is 5.92 Å². The van der Waals surface area contributed by atoms with E-state index in [1.54, 1.807) is 0 Å². The van der Waals surface area contributed by atoms with E-state index in [1.807, 2.05) is 0 Å². The molecule has 0 saturated carbocycles. The van der Waals surface area contributed by atoms with E-state index in [2.05, 4.69) is 13.0 Å². The number of alkyl halides is 1. The Kier molecular flexibility index (Phi) is 4.70. The zero-order valence-electron chi connectivity index (χ0n) is 7.68. The van der Waals surface area contributed by atoms with Crippen molar-refractivity contribution in [3.63, 3.8) is 0 Å². The predicted molar refractivity (Wildman–Crippen MR) is 52.6 cm³/mol. The predicted octanol–water partition coefficient (Wildman–Crippen LogP) is 2.99. The maximum Gasteiger partial charge on any atom is 0.0471 e. The summed E-state index contributed by atoms with van der Waals surface area (Å²) >= 11 is 5.79. The first-order valence-electron chi connectivity index (χ1n) is 4.70. The number of rotatable bonds is 3. The highest BCUT2D eigenvalue weighted by atomic mass is 35.5. The van der Waals surface area contributed by atoms with Crippen LogP contribution in [0.3, 0.4) is 0 Å². The van der Waals surface area contributed by atoms with Crippen molar-refractivity contribution in [3.8, 4) is 0 Å². The van der Waals surface area contributed by atoms with Crippen LogP contribution in [0.2, 0.25) is 0 Å². The number of hydrogen-bond donors (Lipinski definition) is 0. The molecule has 0 N–H and O–H groups in total. The van der Waals surface area contributed by atoms with E-state index in [4.69, 9.17) is 16.3 Å². The highest BCUT2D eigenvalue weighted by Gasteiger charge is 2.11. The van der Waals surface area contributed by atoms with E-state index in [0.29, 0.717) is 11.8 Å². The standard InChI is InChI=1S/C10H17ClO/c1-2-9(8-11)7-10-3-5-12-6-4-10/h7,10H,2-6,8H2,1H3. The SMILES string of the molecule is CCC(=CC1CCOCC1)CCl. The zero-order valence-corrected chi connectivity index (χ0v) is 8.44. The van der Waals surface area contributed by atoms with Gasteiger partial charge in [0.15, 0.2) is 0 Å². The first-order valence-corrected chi connectivity index (χ1v) is 5.23. The normalized spacial score (nSPS) is 21.3. The molecule has 0 spiro atoms. The largest absolute Gasteiger partial charge is 0.381 e. The average molecular weight is 189 g/mol. The molecule has 1 nitrogen and oxygen atoms in total. The second kappa shape index (κ2) is 5.60. The Morgan fingerprint density at radius 2 is 2.17 bits per heavy atom. The first kappa shape index (κ1) is 10.1. The maximum absolute atomic E-state index is 5.79. The molecule has 0 aromatic carbocycles. The summed E-state index contributed by atoms with van der Waals surface area (Å²) in [5.74, 6) is 1.40. The summed E-state index contributed by atoms with van der Waals surface area (Å²) in [6.07, 6.45) is 5.76. The molecule has 1 aliphatic rings. The van der Waals surface area contributed by atoms with E-state index >= 15 is 0 Å². The minimum atomic E-state index is 0.688. The van der Waals surface area contributed by atoms with Gasteiger partial charge >= 0.3 is 0 Å². The fourth-order valence-electron chi connectivity index (χ4n) is 1.47. The van der Waals surface area contributed by atoms with Gasteiger partial charge < -0.3 is 4.74 Å². The van der Waals surface area contributed by atoms with E-state index in [1.165, 1.54) is 18.4 Å². The summed E-state index contributed by atoms with van der Waals surface area (Å²) < 4.78 is 5.29. The van der Waals surface area contributed by atoms with Gasteiger partial charge in [-0.1, -0.05) is 18.6 Å². The molecule has 0 unspecified atom stereocenters.